The Morgan fingerprint density at radius 3 is 2.50 bits per heavy atom. The summed E-state index contributed by atoms with van der Waals surface area (Å²) in [5.41, 5.74) is 2.56. The molecule has 1 saturated carbocycles. The van der Waals surface area contributed by atoms with Crippen LogP contribution in [0.25, 0.3) is 0 Å². The molecule has 6 nitrogen and oxygen atoms in total. The fourth-order valence-corrected chi connectivity index (χ4v) is 4.46. The van der Waals surface area contributed by atoms with Crippen molar-refractivity contribution in [2.24, 2.45) is 0 Å². The molecule has 1 aromatic heterocycles. The fourth-order valence-electron chi connectivity index (χ4n) is 3.06. The summed E-state index contributed by atoms with van der Waals surface area (Å²) in [6.07, 6.45) is 2.36. The number of carbonyl (C=O) groups excluding carboxylic acids is 1. The molecule has 0 bridgehead atoms. The standard InChI is InChI=1S/C17H19N3O3S/c1-12(21)13-4-6-16(7-5-13)24(22,23)19-8-9-20-15(11-19)10-17(18-20)14-2-3-14/h4-7,10,14H,2-3,8-9,11H2,1H3. The Kier molecular flexibility index (Phi) is 3.58. The molecule has 0 amide bonds. The van der Waals surface area contributed by atoms with Crippen molar-refractivity contribution in [1.82, 2.24) is 14.1 Å². The van der Waals surface area contributed by atoms with Gasteiger partial charge in [0.2, 0.25) is 10.0 Å². The minimum Gasteiger partial charge on any atom is -0.295 e. The molecular weight excluding hydrogens is 326 g/mol. The molecule has 0 N–H and O–H groups in total. The van der Waals surface area contributed by atoms with Gasteiger partial charge in [-0.15, -0.1) is 0 Å². The van der Waals surface area contributed by atoms with Gasteiger partial charge in [0.05, 0.1) is 29.4 Å². The van der Waals surface area contributed by atoms with Crippen LogP contribution in [-0.2, 0) is 23.1 Å². The molecule has 24 heavy (non-hydrogen) atoms. The van der Waals surface area contributed by atoms with Crippen molar-refractivity contribution in [3.05, 3.63) is 47.3 Å². The van der Waals surface area contributed by atoms with E-state index in [0.717, 1.165) is 11.4 Å². The largest absolute Gasteiger partial charge is 0.295 e. The van der Waals surface area contributed by atoms with Gasteiger partial charge < -0.3 is 0 Å². The topological polar surface area (TPSA) is 72.3 Å². The van der Waals surface area contributed by atoms with Gasteiger partial charge in [-0.25, -0.2) is 8.42 Å². The average Bonchev–Trinajstić information content (AvgIpc) is 3.33. The first-order valence-corrected chi connectivity index (χ1v) is 9.57. The van der Waals surface area contributed by atoms with Crippen molar-refractivity contribution < 1.29 is 13.2 Å². The number of aromatic nitrogens is 2. The van der Waals surface area contributed by atoms with Crippen molar-refractivity contribution in [1.29, 1.82) is 0 Å². The number of hydrogen-bond donors (Lipinski definition) is 0. The first-order chi connectivity index (χ1) is 11.4. The van der Waals surface area contributed by atoms with E-state index in [1.165, 1.54) is 36.2 Å². The molecule has 1 aliphatic carbocycles. The van der Waals surface area contributed by atoms with Gasteiger partial charge in [-0.3, -0.25) is 9.48 Å². The minimum atomic E-state index is -3.56. The SMILES string of the molecule is CC(=O)c1ccc(S(=O)(=O)N2CCn3nc(C4CC4)cc3C2)cc1. The summed E-state index contributed by atoms with van der Waals surface area (Å²) in [5.74, 6) is 0.487. The third-order valence-electron chi connectivity index (χ3n) is 4.68. The molecule has 1 aromatic carbocycles. The van der Waals surface area contributed by atoms with E-state index < -0.39 is 10.0 Å². The summed E-state index contributed by atoms with van der Waals surface area (Å²) in [5, 5.41) is 4.59. The zero-order valence-corrected chi connectivity index (χ0v) is 14.3. The van der Waals surface area contributed by atoms with Crippen LogP contribution in [0.15, 0.2) is 35.2 Å². The quantitative estimate of drug-likeness (QED) is 0.796. The van der Waals surface area contributed by atoms with Gasteiger partial charge in [0.1, 0.15) is 0 Å². The summed E-state index contributed by atoms with van der Waals surface area (Å²) in [4.78, 5) is 11.6. The van der Waals surface area contributed by atoms with Crippen LogP contribution < -0.4 is 0 Å². The number of nitrogens with zero attached hydrogens (tertiary/aromatic N) is 3. The van der Waals surface area contributed by atoms with Crippen LogP contribution in [-0.4, -0.2) is 34.8 Å². The normalized spacial score (nSPS) is 18.4. The van der Waals surface area contributed by atoms with E-state index >= 15 is 0 Å². The van der Waals surface area contributed by atoms with Gasteiger partial charge in [0.15, 0.2) is 5.78 Å². The molecule has 1 fully saturated rings. The highest BCUT2D eigenvalue weighted by Gasteiger charge is 2.32. The number of carbonyl (C=O) groups is 1. The number of benzene rings is 1. The Labute approximate surface area is 141 Å². The van der Waals surface area contributed by atoms with Crippen LogP contribution in [0, 0.1) is 0 Å². The Bertz CT molecular complexity index is 896. The molecule has 2 heterocycles. The van der Waals surface area contributed by atoms with Gasteiger partial charge in [-0.1, -0.05) is 12.1 Å². The summed E-state index contributed by atoms with van der Waals surface area (Å²) in [6, 6.07) is 8.18. The Balaban J connectivity index is 1.59. The third-order valence-corrected chi connectivity index (χ3v) is 6.54. The number of Topliss-reactive ketones (excluding diaryl/α,β-unsaturated/α-hetero) is 1. The van der Waals surface area contributed by atoms with Crippen molar-refractivity contribution in [3.8, 4) is 0 Å². The van der Waals surface area contributed by atoms with Crippen molar-refractivity contribution >= 4 is 15.8 Å². The summed E-state index contributed by atoms with van der Waals surface area (Å²) >= 11 is 0. The van der Waals surface area contributed by atoms with E-state index in [4.69, 9.17) is 0 Å². The number of rotatable bonds is 4. The number of hydrogen-bond acceptors (Lipinski definition) is 4. The predicted octanol–water partition coefficient (Wildman–Crippen LogP) is 2.17. The molecule has 0 spiro atoms. The molecule has 0 saturated heterocycles. The molecule has 2 aliphatic rings. The van der Waals surface area contributed by atoms with Crippen molar-refractivity contribution in [2.75, 3.05) is 6.54 Å². The molecule has 4 rings (SSSR count). The van der Waals surface area contributed by atoms with Gasteiger partial charge in [0, 0.05) is 18.0 Å². The van der Waals surface area contributed by atoms with Crippen LogP contribution in [0.1, 0.15) is 47.4 Å². The Morgan fingerprint density at radius 2 is 1.88 bits per heavy atom. The zero-order chi connectivity index (χ0) is 16.9. The van der Waals surface area contributed by atoms with Crippen LogP contribution in [0.3, 0.4) is 0 Å². The van der Waals surface area contributed by atoms with E-state index in [0.29, 0.717) is 31.1 Å². The van der Waals surface area contributed by atoms with E-state index in [-0.39, 0.29) is 10.7 Å². The third kappa shape index (κ3) is 2.67. The van der Waals surface area contributed by atoms with Gasteiger partial charge in [-0.05, 0) is 38.0 Å². The van der Waals surface area contributed by atoms with Crippen LogP contribution in [0.5, 0.6) is 0 Å². The van der Waals surface area contributed by atoms with Gasteiger partial charge >= 0.3 is 0 Å². The van der Waals surface area contributed by atoms with Crippen LogP contribution >= 0.6 is 0 Å². The monoisotopic (exact) mass is 345 g/mol. The zero-order valence-electron chi connectivity index (χ0n) is 13.5. The maximum atomic E-state index is 12.8. The summed E-state index contributed by atoms with van der Waals surface area (Å²) in [6.45, 7) is 2.80. The van der Waals surface area contributed by atoms with Crippen LogP contribution in [0.4, 0.5) is 0 Å². The lowest BCUT2D eigenvalue weighted by Crippen LogP contribution is -2.38. The molecule has 0 radical (unpaired) electrons. The highest BCUT2D eigenvalue weighted by molar-refractivity contribution is 7.89. The fraction of sp³-hybridized carbons (Fsp3) is 0.412. The smallest absolute Gasteiger partial charge is 0.243 e. The first kappa shape index (κ1) is 15.5. The van der Waals surface area contributed by atoms with E-state index in [1.54, 1.807) is 12.1 Å². The molecule has 0 atom stereocenters. The van der Waals surface area contributed by atoms with E-state index in [1.807, 2.05) is 10.7 Å². The highest BCUT2D eigenvalue weighted by Crippen LogP contribution is 2.40. The molecular formula is C17H19N3O3S. The number of fused-ring (bicyclic) bond motifs is 1. The summed E-state index contributed by atoms with van der Waals surface area (Å²) < 4.78 is 29.1. The lowest BCUT2D eigenvalue weighted by Gasteiger charge is -2.27. The van der Waals surface area contributed by atoms with Gasteiger partial charge in [-0.2, -0.15) is 9.40 Å². The molecule has 7 heteroatoms. The summed E-state index contributed by atoms with van der Waals surface area (Å²) in [7, 11) is -3.56. The van der Waals surface area contributed by atoms with Crippen molar-refractivity contribution in [2.45, 2.75) is 43.7 Å². The second kappa shape index (κ2) is 5.53. The minimum absolute atomic E-state index is 0.0755. The highest BCUT2D eigenvalue weighted by atomic mass is 32.2. The second-order valence-corrected chi connectivity index (χ2v) is 8.42. The average molecular weight is 345 g/mol. The maximum Gasteiger partial charge on any atom is 0.243 e. The lowest BCUT2D eigenvalue weighted by atomic mass is 10.2. The number of ketones is 1. The Hall–Kier alpha value is -1.99. The first-order valence-electron chi connectivity index (χ1n) is 8.13. The maximum absolute atomic E-state index is 12.8. The lowest BCUT2D eigenvalue weighted by molar-refractivity contribution is 0.101. The molecule has 2 aromatic rings. The van der Waals surface area contributed by atoms with Crippen molar-refractivity contribution in [3.63, 3.8) is 0 Å². The molecule has 0 unspecified atom stereocenters. The predicted molar refractivity (Wildman–Crippen MR) is 88.2 cm³/mol. The molecule has 1 aliphatic heterocycles. The van der Waals surface area contributed by atoms with E-state index in [2.05, 4.69) is 5.10 Å². The second-order valence-electron chi connectivity index (χ2n) is 6.48. The van der Waals surface area contributed by atoms with Gasteiger partial charge in [0.25, 0.3) is 0 Å². The van der Waals surface area contributed by atoms with E-state index in [9.17, 15) is 13.2 Å². The van der Waals surface area contributed by atoms with Crippen LogP contribution in [0.2, 0.25) is 0 Å². The molecule has 126 valence electrons. The Morgan fingerprint density at radius 1 is 1.17 bits per heavy atom. The number of sulfonamides is 1.